The molecule has 0 atom stereocenters. The average Bonchev–Trinajstić information content (AvgIpc) is 3.18. The third kappa shape index (κ3) is 3.30. The highest BCUT2D eigenvalue weighted by Crippen LogP contribution is 2.37. The molecule has 1 aromatic rings. The van der Waals surface area contributed by atoms with Gasteiger partial charge in [-0.3, -0.25) is 0 Å². The summed E-state index contributed by atoms with van der Waals surface area (Å²) in [6.45, 7) is 2.59. The summed E-state index contributed by atoms with van der Waals surface area (Å²) in [6.07, 6.45) is 3.66. The Morgan fingerprint density at radius 3 is 2.65 bits per heavy atom. The number of anilines is 1. The summed E-state index contributed by atoms with van der Waals surface area (Å²) in [5.74, 6) is 0. The Kier molecular flexibility index (Phi) is 5.00. The van der Waals surface area contributed by atoms with Crippen LogP contribution in [-0.2, 0) is 10.0 Å². The quantitative estimate of drug-likeness (QED) is 0.765. The van der Waals surface area contributed by atoms with Crippen molar-refractivity contribution in [3.63, 3.8) is 0 Å². The fraction of sp³-hybridized carbons (Fsp3) is 0.538. The fourth-order valence-corrected chi connectivity index (χ4v) is 5.05. The molecule has 1 aliphatic rings. The van der Waals surface area contributed by atoms with Gasteiger partial charge in [-0.2, -0.15) is 4.31 Å². The molecule has 0 aromatic heterocycles. The van der Waals surface area contributed by atoms with Crippen LogP contribution in [0.1, 0.15) is 32.6 Å². The maximum absolute atomic E-state index is 12.8. The predicted molar refractivity (Wildman–Crippen MR) is 85.4 cm³/mol. The van der Waals surface area contributed by atoms with Crippen LogP contribution in [0.2, 0.25) is 5.02 Å². The molecule has 1 fully saturated rings. The zero-order chi connectivity index (χ0) is 14.9. The number of sulfonamides is 1. The highest BCUT2D eigenvalue weighted by atomic mass is 79.9. The van der Waals surface area contributed by atoms with Crippen LogP contribution >= 0.6 is 27.5 Å². The molecule has 0 saturated heterocycles. The lowest BCUT2D eigenvalue weighted by Gasteiger charge is -2.23. The van der Waals surface area contributed by atoms with Gasteiger partial charge in [-0.15, -0.1) is 0 Å². The van der Waals surface area contributed by atoms with E-state index in [1.165, 1.54) is 12.1 Å². The second-order valence-corrected chi connectivity index (χ2v) is 8.10. The maximum Gasteiger partial charge on any atom is 0.244 e. The van der Waals surface area contributed by atoms with E-state index >= 15 is 0 Å². The van der Waals surface area contributed by atoms with Gasteiger partial charge in [0, 0.05) is 23.3 Å². The summed E-state index contributed by atoms with van der Waals surface area (Å²) in [6, 6.07) is 3.12. The van der Waals surface area contributed by atoms with Crippen molar-refractivity contribution < 1.29 is 8.42 Å². The third-order valence-corrected chi connectivity index (χ3v) is 6.65. The van der Waals surface area contributed by atoms with Gasteiger partial charge in [0.2, 0.25) is 10.0 Å². The smallest absolute Gasteiger partial charge is 0.244 e. The normalized spacial score (nSPS) is 15.8. The van der Waals surface area contributed by atoms with Crippen molar-refractivity contribution in [3.05, 3.63) is 21.6 Å². The Balaban J connectivity index is 2.42. The molecule has 0 spiro atoms. The SMILES string of the molecule is CCCCN(C1CC1)S(=O)(=O)c1cc(Cl)cc(N)c1Br. The number of hydrogen-bond acceptors (Lipinski definition) is 3. The van der Waals surface area contributed by atoms with Gasteiger partial charge in [-0.1, -0.05) is 24.9 Å². The molecule has 0 radical (unpaired) electrons. The van der Waals surface area contributed by atoms with Crippen molar-refractivity contribution in [2.24, 2.45) is 0 Å². The lowest BCUT2D eigenvalue weighted by atomic mass is 10.3. The minimum atomic E-state index is -3.56. The minimum absolute atomic E-state index is 0.124. The Labute approximate surface area is 133 Å². The molecular weight excluding hydrogens is 364 g/mol. The first-order valence-electron chi connectivity index (χ1n) is 6.64. The van der Waals surface area contributed by atoms with E-state index in [1.54, 1.807) is 4.31 Å². The van der Waals surface area contributed by atoms with Crippen molar-refractivity contribution in [1.29, 1.82) is 0 Å². The molecule has 1 aromatic carbocycles. The summed E-state index contributed by atoms with van der Waals surface area (Å²) in [4.78, 5) is 0.158. The summed E-state index contributed by atoms with van der Waals surface area (Å²) < 4.78 is 27.6. The number of nitrogen functional groups attached to an aromatic ring is 1. The molecular formula is C13H18BrClN2O2S. The van der Waals surface area contributed by atoms with E-state index in [4.69, 9.17) is 17.3 Å². The predicted octanol–water partition coefficient (Wildman–Crippen LogP) is 3.64. The summed E-state index contributed by atoms with van der Waals surface area (Å²) in [7, 11) is -3.56. The van der Waals surface area contributed by atoms with E-state index in [0.29, 0.717) is 21.7 Å². The summed E-state index contributed by atoms with van der Waals surface area (Å²) in [5.41, 5.74) is 6.13. The second kappa shape index (κ2) is 6.22. The Morgan fingerprint density at radius 1 is 1.45 bits per heavy atom. The minimum Gasteiger partial charge on any atom is -0.398 e. The molecule has 0 amide bonds. The highest BCUT2D eigenvalue weighted by Gasteiger charge is 2.38. The zero-order valence-electron chi connectivity index (χ0n) is 11.3. The van der Waals surface area contributed by atoms with Crippen molar-refractivity contribution in [1.82, 2.24) is 4.31 Å². The van der Waals surface area contributed by atoms with E-state index in [1.807, 2.05) is 6.92 Å². The first kappa shape index (κ1) is 16.1. The molecule has 0 aliphatic heterocycles. The highest BCUT2D eigenvalue weighted by molar-refractivity contribution is 9.10. The lowest BCUT2D eigenvalue weighted by molar-refractivity contribution is 0.395. The van der Waals surface area contributed by atoms with Gasteiger partial charge in [0.1, 0.15) is 0 Å². The van der Waals surface area contributed by atoms with Gasteiger partial charge in [0.25, 0.3) is 0 Å². The standard InChI is InChI=1S/C13H18BrClN2O2S/c1-2-3-6-17(10-4-5-10)20(18,19)12-8-9(15)7-11(16)13(12)14/h7-8,10H,2-6,16H2,1H3. The van der Waals surface area contributed by atoms with Crippen molar-refractivity contribution in [3.8, 4) is 0 Å². The Morgan fingerprint density at radius 2 is 2.10 bits per heavy atom. The van der Waals surface area contributed by atoms with Crippen molar-refractivity contribution in [2.45, 2.75) is 43.5 Å². The average molecular weight is 382 g/mol. The number of nitrogens with zero attached hydrogens (tertiary/aromatic N) is 1. The number of benzene rings is 1. The van der Waals surface area contributed by atoms with Gasteiger partial charge >= 0.3 is 0 Å². The molecule has 2 N–H and O–H groups in total. The lowest BCUT2D eigenvalue weighted by Crippen LogP contribution is -2.34. The van der Waals surface area contributed by atoms with Crippen LogP contribution in [-0.4, -0.2) is 25.3 Å². The topological polar surface area (TPSA) is 63.4 Å². The van der Waals surface area contributed by atoms with E-state index < -0.39 is 10.0 Å². The number of rotatable bonds is 6. The van der Waals surface area contributed by atoms with Gasteiger partial charge in [-0.25, -0.2) is 8.42 Å². The molecule has 0 bridgehead atoms. The van der Waals surface area contributed by atoms with Gasteiger partial charge < -0.3 is 5.73 Å². The number of hydrogen-bond donors (Lipinski definition) is 1. The van der Waals surface area contributed by atoms with Gasteiger partial charge in [-0.05, 0) is 47.3 Å². The molecule has 1 saturated carbocycles. The zero-order valence-corrected chi connectivity index (χ0v) is 14.4. The van der Waals surface area contributed by atoms with Crippen LogP contribution < -0.4 is 5.73 Å². The monoisotopic (exact) mass is 380 g/mol. The number of halogens is 2. The Bertz CT molecular complexity index is 603. The van der Waals surface area contributed by atoms with Crippen LogP contribution in [0.15, 0.2) is 21.5 Å². The van der Waals surface area contributed by atoms with Crippen LogP contribution in [0.3, 0.4) is 0 Å². The number of unbranched alkanes of at least 4 members (excludes halogenated alkanes) is 1. The molecule has 112 valence electrons. The fourth-order valence-electron chi connectivity index (χ4n) is 2.07. The van der Waals surface area contributed by atoms with Crippen molar-refractivity contribution in [2.75, 3.05) is 12.3 Å². The molecule has 0 heterocycles. The van der Waals surface area contributed by atoms with Crippen molar-refractivity contribution >= 4 is 43.2 Å². The van der Waals surface area contributed by atoms with E-state index in [9.17, 15) is 8.42 Å². The van der Waals surface area contributed by atoms with Gasteiger partial charge in [0.05, 0.1) is 9.37 Å². The van der Waals surface area contributed by atoms with Crippen LogP contribution in [0, 0.1) is 0 Å². The van der Waals surface area contributed by atoms with E-state index in [2.05, 4.69) is 15.9 Å². The molecule has 1 aliphatic carbocycles. The Hall–Kier alpha value is -0.300. The summed E-state index contributed by atoms with van der Waals surface area (Å²) >= 11 is 9.22. The molecule has 2 rings (SSSR count). The van der Waals surface area contributed by atoms with Crippen LogP contribution in [0.5, 0.6) is 0 Å². The maximum atomic E-state index is 12.8. The molecule has 20 heavy (non-hydrogen) atoms. The first-order chi connectivity index (χ1) is 9.37. The van der Waals surface area contributed by atoms with Gasteiger partial charge in [0.15, 0.2) is 0 Å². The first-order valence-corrected chi connectivity index (χ1v) is 9.25. The van der Waals surface area contributed by atoms with E-state index in [0.717, 1.165) is 25.7 Å². The largest absolute Gasteiger partial charge is 0.398 e. The molecule has 4 nitrogen and oxygen atoms in total. The van der Waals surface area contributed by atoms with E-state index in [-0.39, 0.29) is 10.9 Å². The third-order valence-electron chi connectivity index (χ3n) is 3.30. The molecule has 0 unspecified atom stereocenters. The number of nitrogens with two attached hydrogens (primary N) is 1. The summed E-state index contributed by atoms with van der Waals surface area (Å²) in [5, 5.41) is 0.329. The second-order valence-electron chi connectivity index (χ2n) is 5.01. The van der Waals surface area contributed by atoms with Crippen LogP contribution in [0.4, 0.5) is 5.69 Å². The van der Waals surface area contributed by atoms with Crippen LogP contribution in [0.25, 0.3) is 0 Å². The molecule has 7 heteroatoms.